The topological polar surface area (TPSA) is 28.2 Å². The summed E-state index contributed by atoms with van der Waals surface area (Å²) in [6.45, 7) is 5.44. The molecule has 0 aromatic carbocycles. The lowest BCUT2D eigenvalue weighted by molar-refractivity contribution is 0.535. The number of nitrogens with one attached hydrogen (secondary N) is 1. The lowest BCUT2D eigenvalue weighted by Crippen LogP contribution is -2.24. The first-order valence-corrected chi connectivity index (χ1v) is 7.33. The van der Waals surface area contributed by atoms with Crippen LogP contribution >= 0.6 is 11.3 Å². The Balaban J connectivity index is 2.08. The van der Waals surface area contributed by atoms with Crippen LogP contribution in [0, 0.1) is 0 Å². The molecule has 1 fully saturated rings. The second-order valence-corrected chi connectivity index (χ2v) is 6.23. The molecule has 96 valence electrons. The molecule has 0 spiro atoms. The lowest BCUT2D eigenvalue weighted by Gasteiger charge is -2.10. The first-order valence-electron chi connectivity index (χ1n) is 6.52. The van der Waals surface area contributed by atoms with Crippen LogP contribution in [0.3, 0.4) is 0 Å². The number of rotatable bonds is 6. The second kappa shape index (κ2) is 5.36. The van der Waals surface area contributed by atoms with E-state index < -0.39 is 0 Å². The van der Waals surface area contributed by atoms with Gasteiger partial charge in [0.25, 0.3) is 0 Å². The molecular formula is C13H23N3S. The molecule has 17 heavy (non-hydrogen) atoms. The summed E-state index contributed by atoms with van der Waals surface area (Å²) in [7, 11) is 4.14. The first-order chi connectivity index (χ1) is 8.11. The summed E-state index contributed by atoms with van der Waals surface area (Å²) in [6, 6.07) is 0.590. The van der Waals surface area contributed by atoms with Gasteiger partial charge in [-0.15, -0.1) is 11.3 Å². The predicted octanol–water partition coefficient (Wildman–Crippen LogP) is 2.97. The molecular weight excluding hydrogens is 230 g/mol. The number of nitrogens with zero attached hydrogens (tertiary/aromatic N) is 2. The Hall–Kier alpha value is -0.610. The van der Waals surface area contributed by atoms with Gasteiger partial charge in [-0.05, 0) is 26.2 Å². The molecule has 0 bridgehead atoms. The number of aromatic nitrogens is 1. The molecule has 1 unspecified atom stereocenters. The largest absolute Gasteiger partial charge is 0.354 e. The molecule has 1 aliphatic rings. The fourth-order valence-electron chi connectivity index (χ4n) is 1.76. The Morgan fingerprint density at radius 2 is 2.18 bits per heavy atom. The third-order valence-corrected chi connectivity index (χ3v) is 4.53. The zero-order chi connectivity index (χ0) is 12.4. The van der Waals surface area contributed by atoms with Crippen molar-refractivity contribution in [1.29, 1.82) is 0 Å². The van der Waals surface area contributed by atoms with E-state index in [1.807, 2.05) is 11.3 Å². The van der Waals surface area contributed by atoms with Crippen molar-refractivity contribution >= 4 is 16.5 Å². The minimum absolute atomic E-state index is 0.590. The van der Waals surface area contributed by atoms with Crippen molar-refractivity contribution in [3.8, 4) is 0 Å². The highest BCUT2D eigenvalue weighted by Crippen LogP contribution is 2.43. The lowest BCUT2D eigenvalue weighted by atomic mass is 10.2. The van der Waals surface area contributed by atoms with E-state index in [-0.39, 0.29) is 0 Å². The summed E-state index contributed by atoms with van der Waals surface area (Å²) >= 11 is 1.84. The summed E-state index contributed by atoms with van der Waals surface area (Å²) in [5.74, 6) is 0.744. The van der Waals surface area contributed by atoms with Crippen molar-refractivity contribution in [1.82, 2.24) is 10.3 Å². The molecule has 1 saturated carbocycles. The van der Waals surface area contributed by atoms with Gasteiger partial charge in [0.15, 0.2) is 5.13 Å². The van der Waals surface area contributed by atoms with Gasteiger partial charge in [0, 0.05) is 37.5 Å². The molecule has 0 amide bonds. The van der Waals surface area contributed by atoms with E-state index in [9.17, 15) is 0 Å². The number of thiazole rings is 1. The molecule has 0 saturated heterocycles. The van der Waals surface area contributed by atoms with Crippen LogP contribution in [-0.4, -0.2) is 25.1 Å². The zero-order valence-electron chi connectivity index (χ0n) is 11.3. The fraction of sp³-hybridized carbons (Fsp3) is 0.769. The minimum atomic E-state index is 0.590. The third kappa shape index (κ3) is 3.19. The fourth-order valence-corrected chi connectivity index (χ4v) is 2.77. The van der Waals surface area contributed by atoms with Crippen LogP contribution in [0.4, 0.5) is 5.13 Å². The van der Waals surface area contributed by atoms with E-state index in [2.05, 4.69) is 38.2 Å². The quantitative estimate of drug-likeness (QED) is 0.845. The van der Waals surface area contributed by atoms with Crippen LogP contribution in [0.1, 0.15) is 49.6 Å². The van der Waals surface area contributed by atoms with Crippen molar-refractivity contribution in [2.75, 3.05) is 19.0 Å². The monoisotopic (exact) mass is 253 g/mol. The Bertz CT molecular complexity index is 369. The molecule has 1 aromatic rings. The number of hydrogen-bond acceptors (Lipinski definition) is 4. The Morgan fingerprint density at radius 3 is 2.71 bits per heavy atom. The van der Waals surface area contributed by atoms with Crippen LogP contribution in [0.2, 0.25) is 0 Å². The van der Waals surface area contributed by atoms with E-state index in [0.29, 0.717) is 6.04 Å². The van der Waals surface area contributed by atoms with Gasteiger partial charge in [-0.25, -0.2) is 4.98 Å². The van der Waals surface area contributed by atoms with Gasteiger partial charge in [-0.2, -0.15) is 0 Å². The molecule has 1 atom stereocenters. The molecule has 1 heterocycles. The van der Waals surface area contributed by atoms with Gasteiger partial charge in [0.2, 0.25) is 0 Å². The van der Waals surface area contributed by atoms with Gasteiger partial charge in [-0.3, -0.25) is 0 Å². The summed E-state index contributed by atoms with van der Waals surface area (Å²) in [4.78, 5) is 8.34. The van der Waals surface area contributed by atoms with Crippen LogP contribution in [-0.2, 0) is 6.54 Å². The van der Waals surface area contributed by atoms with Crippen LogP contribution in [0.5, 0.6) is 0 Å². The van der Waals surface area contributed by atoms with E-state index in [1.54, 1.807) is 0 Å². The summed E-state index contributed by atoms with van der Waals surface area (Å²) < 4.78 is 0. The van der Waals surface area contributed by atoms with Crippen molar-refractivity contribution in [2.45, 2.75) is 51.6 Å². The number of hydrogen-bond donors (Lipinski definition) is 1. The number of anilines is 1. The summed E-state index contributed by atoms with van der Waals surface area (Å²) in [6.07, 6.45) is 3.83. The molecule has 3 nitrogen and oxygen atoms in total. The minimum Gasteiger partial charge on any atom is -0.354 e. The smallest absolute Gasteiger partial charge is 0.185 e. The van der Waals surface area contributed by atoms with Crippen LogP contribution < -0.4 is 10.2 Å². The molecule has 1 aliphatic carbocycles. The normalized spacial score (nSPS) is 17.2. The van der Waals surface area contributed by atoms with Gasteiger partial charge >= 0.3 is 0 Å². The van der Waals surface area contributed by atoms with Gasteiger partial charge in [0.1, 0.15) is 0 Å². The highest BCUT2D eigenvalue weighted by Gasteiger charge is 2.29. The SMILES string of the molecule is CCC(C)NCc1sc(N(C)C)nc1C1CC1. The van der Waals surface area contributed by atoms with Crippen LogP contribution in [0.15, 0.2) is 0 Å². The molecule has 1 N–H and O–H groups in total. The van der Waals surface area contributed by atoms with E-state index in [4.69, 9.17) is 4.98 Å². The maximum atomic E-state index is 4.78. The van der Waals surface area contributed by atoms with E-state index in [1.165, 1.54) is 29.8 Å². The maximum absolute atomic E-state index is 4.78. The van der Waals surface area contributed by atoms with Gasteiger partial charge in [0.05, 0.1) is 5.69 Å². The first kappa shape index (κ1) is 12.8. The second-order valence-electron chi connectivity index (χ2n) is 5.16. The van der Waals surface area contributed by atoms with Crippen molar-refractivity contribution in [3.63, 3.8) is 0 Å². The highest BCUT2D eigenvalue weighted by molar-refractivity contribution is 7.15. The standard InChI is InChI=1S/C13H23N3S/c1-5-9(2)14-8-11-12(10-6-7-10)15-13(17-11)16(3)4/h9-10,14H,5-8H2,1-4H3. The van der Waals surface area contributed by atoms with Crippen LogP contribution in [0.25, 0.3) is 0 Å². The van der Waals surface area contributed by atoms with Crippen molar-refractivity contribution in [2.24, 2.45) is 0 Å². The van der Waals surface area contributed by atoms with Gasteiger partial charge < -0.3 is 10.2 Å². The van der Waals surface area contributed by atoms with E-state index in [0.717, 1.165) is 17.6 Å². The Kier molecular flexibility index (Phi) is 4.05. The molecule has 4 heteroatoms. The average molecular weight is 253 g/mol. The molecule has 1 aromatic heterocycles. The zero-order valence-corrected chi connectivity index (χ0v) is 12.1. The van der Waals surface area contributed by atoms with Crippen molar-refractivity contribution < 1.29 is 0 Å². The Morgan fingerprint density at radius 1 is 1.47 bits per heavy atom. The van der Waals surface area contributed by atoms with E-state index >= 15 is 0 Å². The Labute approximate surface area is 108 Å². The predicted molar refractivity (Wildman–Crippen MR) is 75.0 cm³/mol. The molecule has 2 rings (SSSR count). The summed E-state index contributed by atoms with van der Waals surface area (Å²) in [5.41, 5.74) is 1.36. The third-order valence-electron chi connectivity index (χ3n) is 3.29. The molecule has 0 radical (unpaired) electrons. The summed E-state index contributed by atoms with van der Waals surface area (Å²) in [5, 5.41) is 4.72. The highest BCUT2D eigenvalue weighted by atomic mass is 32.1. The van der Waals surface area contributed by atoms with Gasteiger partial charge in [-0.1, -0.05) is 6.92 Å². The maximum Gasteiger partial charge on any atom is 0.185 e. The van der Waals surface area contributed by atoms with Crippen molar-refractivity contribution in [3.05, 3.63) is 10.6 Å². The molecule has 0 aliphatic heterocycles. The average Bonchev–Trinajstić information content (AvgIpc) is 3.06.